The minimum Gasteiger partial charge on any atom is -0.497 e. The first kappa shape index (κ1) is 20.2. The SMILES string of the molecule is COc1cccc(NC(=O)C[NH+](C)[C@H](C)C(=O)N2C[C@@H](C)C[C@H](C)C2)c1. The number of likely N-dealkylation sites (N-methyl/N-ethyl adjacent to an activating group) is 1. The number of rotatable bonds is 6. The number of anilines is 1. The highest BCUT2D eigenvalue weighted by molar-refractivity contribution is 5.91. The fourth-order valence-electron chi connectivity index (χ4n) is 3.64. The van der Waals surface area contributed by atoms with Gasteiger partial charge in [0.2, 0.25) is 0 Å². The predicted molar refractivity (Wildman–Crippen MR) is 102 cm³/mol. The number of carbonyl (C=O) groups is 2. The zero-order chi connectivity index (χ0) is 19.3. The van der Waals surface area contributed by atoms with Crippen molar-refractivity contribution >= 4 is 17.5 Å². The number of ether oxygens (including phenoxy) is 1. The summed E-state index contributed by atoms with van der Waals surface area (Å²) in [7, 11) is 3.49. The van der Waals surface area contributed by atoms with Crippen molar-refractivity contribution in [3.05, 3.63) is 24.3 Å². The summed E-state index contributed by atoms with van der Waals surface area (Å²) < 4.78 is 5.16. The van der Waals surface area contributed by atoms with E-state index in [4.69, 9.17) is 4.74 Å². The molecule has 6 nitrogen and oxygen atoms in total. The Labute approximate surface area is 156 Å². The van der Waals surface area contributed by atoms with E-state index in [1.165, 1.54) is 6.42 Å². The van der Waals surface area contributed by atoms with Gasteiger partial charge in [0.15, 0.2) is 12.6 Å². The van der Waals surface area contributed by atoms with Gasteiger partial charge >= 0.3 is 0 Å². The Morgan fingerprint density at radius 2 is 1.96 bits per heavy atom. The van der Waals surface area contributed by atoms with Gasteiger partial charge in [0, 0.05) is 24.8 Å². The van der Waals surface area contributed by atoms with E-state index in [1.54, 1.807) is 13.2 Å². The molecule has 26 heavy (non-hydrogen) atoms. The molecule has 2 rings (SSSR count). The molecule has 1 aromatic carbocycles. The molecule has 1 aromatic rings. The fraction of sp³-hybridized carbons (Fsp3) is 0.600. The molecule has 6 heteroatoms. The van der Waals surface area contributed by atoms with Crippen LogP contribution in [-0.4, -0.2) is 56.5 Å². The van der Waals surface area contributed by atoms with Crippen LogP contribution in [0, 0.1) is 11.8 Å². The van der Waals surface area contributed by atoms with Crippen LogP contribution < -0.4 is 15.0 Å². The van der Waals surface area contributed by atoms with Crippen LogP contribution >= 0.6 is 0 Å². The molecule has 2 amide bonds. The van der Waals surface area contributed by atoms with Crippen LogP contribution in [0.2, 0.25) is 0 Å². The summed E-state index contributed by atoms with van der Waals surface area (Å²) in [5.74, 6) is 1.78. The maximum absolute atomic E-state index is 12.8. The third kappa shape index (κ3) is 5.46. The van der Waals surface area contributed by atoms with Crippen molar-refractivity contribution in [1.82, 2.24) is 4.90 Å². The predicted octanol–water partition coefficient (Wildman–Crippen LogP) is 1.04. The van der Waals surface area contributed by atoms with Crippen LogP contribution in [0.15, 0.2) is 24.3 Å². The van der Waals surface area contributed by atoms with Crippen molar-refractivity contribution in [3.63, 3.8) is 0 Å². The quantitative estimate of drug-likeness (QED) is 0.795. The van der Waals surface area contributed by atoms with Crippen molar-refractivity contribution in [2.45, 2.75) is 33.2 Å². The molecule has 1 unspecified atom stereocenters. The number of amides is 2. The van der Waals surface area contributed by atoms with E-state index < -0.39 is 0 Å². The lowest BCUT2D eigenvalue weighted by molar-refractivity contribution is -0.886. The van der Waals surface area contributed by atoms with Gasteiger partial charge in [0.25, 0.3) is 11.8 Å². The number of carbonyl (C=O) groups excluding carboxylic acids is 2. The van der Waals surface area contributed by atoms with E-state index in [1.807, 2.05) is 37.1 Å². The molecule has 0 aromatic heterocycles. The molecule has 1 aliphatic heterocycles. The van der Waals surface area contributed by atoms with Gasteiger partial charge in [-0.05, 0) is 37.3 Å². The molecule has 0 saturated carbocycles. The Kier molecular flexibility index (Phi) is 7.03. The second kappa shape index (κ2) is 9.03. The molecule has 2 N–H and O–H groups in total. The van der Waals surface area contributed by atoms with Gasteiger partial charge in [-0.25, -0.2) is 0 Å². The first-order chi connectivity index (χ1) is 12.3. The van der Waals surface area contributed by atoms with Crippen LogP contribution in [0.3, 0.4) is 0 Å². The first-order valence-electron chi connectivity index (χ1n) is 9.35. The van der Waals surface area contributed by atoms with Gasteiger partial charge in [-0.3, -0.25) is 9.59 Å². The highest BCUT2D eigenvalue weighted by Gasteiger charge is 2.32. The van der Waals surface area contributed by atoms with E-state index in [2.05, 4.69) is 19.2 Å². The summed E-state index contributed by atoms with van der Waals surface area (Å²) in [6.07, 6.45) is 1.17. The molecule has 1 heterocycles. The summed E-state index contributed by atoms with van der Waals surface area (Å²) in [5.41, 5.74) is 0.694. The summed E-state index contributed by atoms with van der Waals surface area (Å²) in [4.78, 5) is 28.0. The van der Waals surface area contributed by atoms with E-state index >= 15 is 0 Å². The Balaban J connectivity index is 1.89. The standard InChI is InChI=1S/C20H31N3O3/c1-14-9-15(2)12-23(11-14)20(25)16(3)22(4)13-19(24)21-17-7-6-8-18(10-17)26-5/h6-8,10,14-16H,9,11-13H2,1-5H3,(H,21,24)/p+1/t14-,15-,16+/m0/s1. The van der Waals surface area contributed by atoms with Gasteiger partial charge in [-0.1, -0.05) is 19.9 Å². The van der Waals surface area contributed by atoms with E-state index in [-0.39, 0.29) is 24.4 Å². The molecule has 0 bridgehead atoms. The molecular weight excluding hydrogens is 330 g/mol. The van der Waals surface area contributed by atoms with Crippen LogP contribution in [0.25, 0.3) is 0 Å². The Morgan fingerprint density at radius 3 is 2.58 bits per heavy atom. The van der Waals surface area contributed by atoms with Crippen LogP contribution in [0.1, 0.15) is 27.2 Å². The maximum Gasteiger partial charge on any atom is 0.280 e. The number of likely N-dealkylation sites (tertiary alicyclic amines) is 1. The van der Waals surface area contributed by atoms with Gasteiger partial charge in [-0.15, -0.1) is 0 Å². The number of hydrogen-bond donors (Lipinski definition) is 2. The Morgan fingerprint density at radius 1 is 1.31 bits per heavy atom. The van der Waals surface area contributed by atoms with Gasteiger partial charge in [0.1, 0.15) is 5.75 Å². The van der Waals surface area contributed by atoms with Crippen LogP contribution in [0.4, 0.5) is 5.69 Å². The molecule has 1 fully saturated rings. The van der Waals surface area contributed by atoms with Gasteiger partial charge in [-0.2, -0.15) is 0 Å². The van der Waals surface area contributed by atoms with Crippen molar-refractivity contribution in [3.8, 4) is 5.75 Å². The number of nitrogens with zero attached hydrogens (tertiary/aromatic N) is 1. The smallest absolute Gasteiger partial charge is 0.280 e. The summed E-state index contributed by atoms with van der Waals surface area (Å²) >= 11 is 0. The lowest BCUT2D eigenvalue weighted by Gasteiger charge is -2.36. The minimum atomic E-state index is -0.247. The van der Waals surface area contributed by atoms with E-state index in [0.29, 0.717) is 23.3 Å². The highest BCUT2D eigenvalue weighted by atomic mass is 16.5. The molecule has 1 saturated heterocycles. The normalized spacial score (nSPS) is 22.4. The average molecular weight is 362 g/mol. The molecular formula is C20H32N3O3+. The zero-order valence-corrected chi connectivity index (χ0v) is 16.5. The number of benzene rings is 1. The van der Waals surface area contributed by atoms with Crippen LogP contribution in [-0.2, 0) is 9.59 Å². The lowest BCUT2D eigenvalue weighted by atomic mass is 9.91. The fourth-order valence-corrected chi connectivity index (χ4v) is 3.64. The van der Waals surface area contributed by atoms with Crippen LogP contribution in [0.5, 0.6) is 5.75 Å². The molecule has 0 aliphatic carbocycles. The molecule has 4 atom stereocenters. The maximum atomic E-state index is 12.8. The number of methoxy groups -OCH3 is 1. The monoisotopic (exact) mass is 362 g/mol. The second-order valence-electron chi connectivity index (χ2n) is 7.71. The number of quaternary nitrogens is 1. The topological polar surface area (TPSA) is 63.1 Å². The third-order valence-corrected chi connectivity index (χ3v) is 5.08. The molecule has 144 valence electrons. The molecule has 1 aliphatic rings. The Hall–Kier alpha value is -2.08. The van der Waals surface area contributed by atoms with Crippen molar-refractivity contribution in [2.24, 2.45) is 11.8 Å². The lowest BCUT2D eigenvalue weighted by Crippen LogP contribution is -3.15. The molecule has 0 radical (unpaired) electrons. The second-order valence-corrected chi connectivity index (χ2v) is 7.71. The van der Waals surface area contributed by atoms with E-state index in [9.17, 15) is 9.59 Å². The number of hydrogen-bond acceptors (Lipinski definition) is 3. The van der Waals surface area contributed by atoms with Crippen molar-refractivity contribution < 1.29 is 19.2 Å². The Bertz CT molecular complexity index is 624. The largest absolute Gasteiger partial charge is 0.497 e. The average Bonchev–Trinajstić information content (AvgIpc) is 2.59. The minimum absolute atomic E-state index is 0.115. The summed E-state index contributed by atoms with van der Waals surface area (Å²) in [5, 5.41) is 2.87. The first-order valence-corrected chi connectivity index (χ1v) is 9.35. The molecule has 0 spiro atoms. The number of nitrogens with one attached hydrogen (secondary N) is 2. The van der Waals surface area contributed by atoms with Crippen molar-refractivity contribution in [1.29, 1.82) is 0 Å². The van der Waals surface area contributed by atoms with Crippen molar-refractivity contribution in [2.75, 3.05) is 39.1 Å². The van der Waals surface area contributed by atoms with Gasteiger partial charge < -0.3 is 19.9 Å². The van der Waals surface area contributed by atoms with Gasteiger partial charge in [0.05, 0.1) is 14.2 Å². The highest BCUT2D eigenvalue weighted by Crippen LogP contribution is 2.21. The summed E-state index contributed by atoms with van der Waals surface area (Å²) in [6.45, 7) is 8.16. The zero-order valence-electron chi connectivity index (χ0n) is 16.5. The number of piperidine rings is 1. The van der Waals surface area contributed by atoms with E-state index in [0.717, 1.165) is 18.0 Å². The summed E-state index contributed by atoms with van der Waals surface area (Å²) in [6, 6.07) is 7.01. The third-order valence-electron chi connectivity index (χ3n) is 5.08.